The van der Waals surface area contributed by atoms with Gasteiger partial charge < -0.3 is 5.73 Å². The summed E-state index contributed by atoms with van der Waals surface area (Å²) >= 11 is 0. The first kappa shape index (κ1) is 11.3. The van der Waals surface area contributed by atoms with E-state index in [0.717, 1.165) is 12.1 Å². The summed E-state index contributed by atoms with van der Waals surface area (Å²) in [5.74, 6) is -0.557. The Morgan fingerprint density at radius 1 is 1.35 bits per heavy atom. The molecule has 5 heteroatoms. The quantitative estimate of drug-likeness (QED) is 0.862. The first-order chi connectivity index (χ1) is 8.13. The van der Waals surface area contributed by atoms with Crippen LogP contribution in [0.25, 0.3) is 5.69 Å². The molecule has 2 rings (SSSR count). The Kier molecular flexibility index (Phi) is 2.91. The van der Waals surface area contributed by atoms with E-state index in [0.29, 0.717) is 5.69 Å². The molecule has 2 aromatic rings. The molecule has 0 aliphatic carbocycles. The van der Waals surface area contributed by atoms with Crippen molar-refractivity contribution in [1.29, 1.82) is 0 Å². The summed E-state index contributed by atoms with van der Waals surface area (Å²) in [6.45, 7) is 3.87. The standard InChI is InChI=1S/C12H14N4O/c1-3-9-4-6-10(7-5-9)16-8(2)11(12(13)17)14-15-16/h4-7H,3H2,1-2H3,(H2,13,17). The van der Waals surface area contributed by atoms with Crippen LogP contribution in [-0.2, 0) is 6.42 Å². The second-order valence-electron chi connectivity index (χ2n) is 3.82. The zero-order valence-corrected chi connectivity index (χ0v) is 9.84. The van der Waals surface area contributed by atoms with Gasteiger partial charge in [-0.3, -0.25) is 4.79 Å². The lowest BCUT2D eigenvalue weighted by molar-refractivity contribution is 0.0995. The molecule has 0 saturated heterocycles. The first-order valence-corrected chi connectivity index (χ1v) is 5.45. The van der Waals surface area contributed by atoms with Gasteiger partial charge in [0.05, 0.1) is 11.4 Å². The zero-order valence-electron chi connectivity index (χ0n) is 9.84. The van der Waals surface area contributed by atoms with E-state index in [1.54, 1.807) is 11.6 Å². The first-order valence-electron chi connectivity index (χ1n) is 5.45. The SMILES string of the molecule is CCc1ccc(-n2nnc(C(N)=O)c2C)cc1. The van der Waals surface area contributed by atoms with E-state index in [4.69, 9.17) is 5.73 Å². The summed E-state index contributed by atoms with van der Waals surface area (Å²) in [6, 6.07) is 7.96. The fourth-order valence-corrected chi connectivity index (χ4v) is 1.67. The number of hydrogen-bond donors (Lipinski definition) is 1. The van der Waals surface area contributed by atoms with Gasteiger partial charge in [0.25, 0.3) is 5.91 Å². The number of carbonyl (C=O) groups is 1. The maximum absolute atomic E-state index is 11.1. The molecule has 1 aromatic carbocycles. The molecule has 0 aliphatic heterocycles. The summed E-state index contributed by atoms with van der Waals surface area (Å²) in [7, 11) is 0. The van der Waals surface area contributed by atoms with Gasteiger partial charge >= 0.3 is 0 Å². The van der Waals surface area contributed by atoms with E-state index < -0.39 is 5.91 Å². The Balaban J connectivity index is 2.42. The Hall–Kier alpha value is -2.17. The molecule has 2 N–H and O–H groups in total. The van der Waals surface area contributed by atoms with E-state index in [1.165, 1.54) is 5.56 Å². The number of benzene rings is 1. The summed E-state index contributed by atoms with van der Waals surface area (Å²) in [4.78, 5) is 11.1. The highest BCUT2D eigenvalue weighted by Crippen LogP contribution is 2.13. The van der Waals surface area contributed by atoms with Crippen LogP contribution in [0.15, 0.2) is 24.3 Å². The topological polar surface area (TPSA) is 73.8 Å². The number of nitrogens with zero attached hydrogens (tertiary/aromatic N) is 3. The molecule has 0 unspecified atom stereocenters. The zero-order chi connectivity index (χ0) is 12.4. The van der Waals surface area contributed by atoms with Crippen LogP contribution in [0.1, 0.15) is 28.7 Å². The van der Waals surface area contributed by atoms with E-state index in [1.807, 2.05) is 24.3 Å². The van der Waals surface area contributed by atoms with Crippen LogP contribution >= 0.6 is 0 Å². The van der Waals surface area contributed by atoms with Gasteiger partial charge in [0, 0.05) is 0 Å². The minimum Gasteiger partial charge on any atom is -0.364 e. The van der Waals surface area contributed by atoms with E-state index in [2.05, 4.69) is 17.2 Å². The molecule has 0 spiro atoms. The van der Waals surface area contributed by atoms with Gasteiger partial charge in [-0.25, -0.2) is 4.68 Å². The van der Waals surface area contributed by atoms with Crippen molar-refractivity contribution < 1.29 is 4.79 Å². The lowest BCUT2D eigenvalue weighted by Gasteiger charge is -2.04. The Bertz CT molecular complexity index is 542. The summed E-state index contributed by atoms with van der Waals surface area (Å²) in [6.07, 6.45) is 0.989. The van der Waals surface area contributed by atoms with Crippen molar-refractivity contribution in [1.82, 2.24) is 15.0 Å². The van der Waals surface area contributed by atoms with Crippen LogP contribution in [0.3, 0.4) is 0 Å². The average Bonchev–Trinajstić information content (AvgIpc) is 2.71. The highest BCUT2D eigenvalue weighted by atomic mass is 16.1. The highest BCUT2D eigenvalue weighted by Gasteiger charge is 2.13. The fraction of sp³-hybridized carbons (Fsp3) is 0.250. The molecule has 0 atom stereocenters. The van der Waals surface area contributed by atoms with Gasteiger partial charge in [-0.1, -0.05) is 24.3 Å². The van der Waals surface area contributed by atoms with Gasteiger partial charge in [0.15, 0.2) is 5.69 Å². The predicted octanol–water partition coefficient (Wildman–Crippen LogP) is 1.24. The van der Waals surface area contributed by atoms with E-state index >= 15 is 0 Å². The molecule has 1 aromatic heterocycles. The van der Waals surface area contributed by atoms with Crippen LogP contribution in [0, 0.1) is 6.92 Å². The molecule has 0 aliphatic rings. The van der Waals surface area contributed by atoms with Crippen LogP contribution in [0.4, 0.5) is 0 Å². The number of hydrogen-bond acceptors (Lipinski definition) is 3. The number of amides is 1. The fourth-order valence-electron chi connectivity index (χ4n) is 1.67. The monoisotopic (exact) mass is 230 g/mol. The van der Waals surface area contributed by atoms with Gasteiger partial charge in [0.1, 0.15) is 0 Å². The van der Waals surface area contributed by atoms with Crippen molar-refractivity contribution in [2.45, 2.75) is 20.3 Å². The Labute approximate surface area is 99.2 Å². The van der Waals surface area contributed by atoms with Gasteiger partial charge in [-0.15, -0.1) is 5.10 Å². The Morgan fingerprint density at radius 2 is 2.00 bits per heavy atom. The molecule has 0 radical (unpaired) electrons. The highest BCUT2D eigenvalue weighted by molar-refractivity contribution is 5.91. The normalized spacial score (nSPS) is 10.5. The molecule has 0 fully saturated rings. The second-order valence-corrected chi connectivity index (χ2v) is 3.82. The maximum Gasteiger partial charge on any atom is 0.271 e. The van der Waals surface area contributed by atoms with Crippen molar-refractivity contribution >= 4 is 5.91 Å². The molecule has 88 valence electrons. The molecule has 5 nitrogen and oxygen atoms in total. The number of aromatic nitrogens is 3. The molecular weight excluding hydrogens is 216 g/mol. The van der Waals surface area contributed by atoms with Crippen molar-refractivity contribution in [3.8, 4) is 5.69 Å². The van der Waals surface area contributed by atoms with Gasteiger partial charge in [-0.05, 0) is 31.0 Å². The third-order valence-electron chi connectivity index (χ3n) is 2.72. The number of carbonyl (C=O) groups excluding carboxylic acids is 1. The van der Waals surface area contributed by atoms with Gasteiger partial charge in [0.2, 0.25) is 0 Å². The number of rotatable bonds is 3. The average molecular weight is 230 g/mol. The third kappa shape index (κ3) is 2.04. The Morgan fingerprint density at radius 3 is 2.47 bits per heavy atom. The third-order valence-corrected chi connectivity index (χ3v) is 2.72. The summed E-state index contributed by atoms with van der Waals surface area (Å²) < 4.78 is 1.61. The molecule has 0 saturated carbocycles. The van der Waals surface area contributed by atoms with Crippen LogP contribution in [0.2, 0.25) is 0 Å². The minimum atomic E-state index is -0.557. The van der Waals surface area contributed by atoms with Crippen molar-refractivity contribution in [3.05, 3.63) is 41.2 Å². The second kappa shape index (κ2) is 4.37. The molecule has 0 bridgehead atoms. The molecule has 1 amide bonds. The lowest BCUT2D eigenvalue weighted by Crippen LogP contribution is -2.13. The van der Waals surface area contributed by atoms with E-state index in [-0.39, 0.29) is 5.69 Å². The van der Waals surface area contributed by atoms with Crippen LogP contribution in [0.5, 0.6) is 0 Å². The summed E-state index contributed by atoms with van der Waals surface area (Å²) in [5, 5.41) is 7.70. The maximum atomic E-state index is 11.1. The number of aryl methyl sites for hydroxylation is 1. The molecular formula is C12H14N4O. The van der Waals surface area contributed by atoms with Crippen LogP contribution in [-0.4, -0.2) is 20.9 Å². The van der Waals surface area contributed by atoms with Crippen LogP contribution < -0.4 is 5.73 Å². The largest absolute Gasteiger partial charge is 0.364 e. The smallest absolute Gasteiger partial charge is 0.271 e. The van der Waals surface area contributed by atoms with Crippen molar-refractivity contribution in [3.63, 3.8) is 0 Å². The summed E-state index contributed by atoms with van der Waals surface area (Å²) in [5.41, 5.74) is 8.19. The number of primary amides is 1. The van der Waals surface area contributed by atoms with Gasteiger partial charge in [-0.2, -0.15) is 0 Å². The molecule has 17 heavy (non-hydrogen) atoms. The van der Waals surface area contributed by atoms with E-state index in [9.17, 15) is 4.79 Å². The molecule has 1 heterocycles. The van der Waals surface area contributed by atoms with Crippen molar-refractivity contribution in [2.24, 2.45) is 5.73 Å². The lowest BCUT2D eigenvalue weighted by atomic mass is 10.1. The van der Waals surface area contributed by atoms with Crippen molar-refractivity contribution in [2.75, 3.05) is 0 Å². The predicted molar refractivity (Wildman–Crippen MR) is 64.0 cm³/mol. The minimum absolute atomic E-state index is 0.213. The number of nitrogens with two attached hydrogens (primary N) is 1.